The molecular formula is C17H26FN. The summed E-state index contributed by atoms with van der Waals surface area (Å²) in [7, 11) is 0. The zero-order valence-corrected chi connectivity index (χ0v) is 12.8. The SMILES string of the molecule is CCNC(Cc1cccc(F)c1)C1C(C)(C)C1(C)C. The van der Waals surface area contributed by atoms with Crippen LogP contribution < -0.4 is 5.32 Å². The summed E-state index contributed by atoms with van der Waals surface area (Å²) < 4.78 is 13.3. The van der Waals surface area contributed by atoms with Gasteiger partial charge in [-0.2, -0.15) is 0 Å². The van der Waals surface area contributed by atoms with E-state index < -0.39 is 0 Å². The number of hydrogen-bond donors (Lipinski definition) is 1. The van der Waals surface area contributed by atoms with Gasteiger partial charge in [-0.15, -0.1) is 0 Å². The molecule has 1 nitrogen and oxygen atoms in total. The molecule has 106 valence electrons. The van der Waals surface area contributed by atoms with Crippen LogP contribution in [0.1, 0.15) is 40.2 Å². The Labute approximate surface area is 116 Å². The third-order valence-electron chi connectivity index (χ3n) is 5.35. The summed E-state index contributed by atoms with van der Waals surface area (Å²) >= 11 is 0. The molecule has 1 aliphatic carbocycles. The predicted octanol–water partition coefficient (Wildman–Crippen LogP) is 4.03. The third-order valence-corrected chi connectivity index (χ3v) is 5.35. The molecule has 2 heteroatoms. The molecule has 0 aromatic heterocycles. The van der Waals surface area contributed by atoms with Gasteiger partial charge in [0.25, 0.3) is 0 Å². The molecule has 0 aliphatic heterocycles. The van der Waals surface area contributed by atoms with Gasteiger partial charge in [-0.05, 0) is 47.4 Å². The lowest BCUT2D eigenvalue weighted by atomic mass is 9.96. The first kappa shape index (κ1) is 14.5. The van der Waals surface area contributed by atoms with Crippen molar-refractivity contribution in [3.05, 3.63) is 35.6 Å². The normalized spacial score (nSPS) is 22.2. The van der Waals surface area contributed by atoms with Gasteiger partial charge in [0.05, 0.1) is 0 Å². The van der Waals surface area contributed by atoms with Crippen LogP contribution in [0.4, 0.5) is 4.39 Å². The molecular weight excluding hydrogens is 237 g/mol. The van der Waals surface area contributed by atoms with Gasteiger partial charge in [0.1, 0.15) is 5.82 Å². The number of hydrogen-bond acceptors (Lipinski definition) is 1. The van der Waals surface area contributed by atoms with Crippen molar-refractivity contribution in [1.82, 2.24) is 5.32 Å². The quantitative estimate of drug-likeness (QED) is 0.845. The Morgan fingerprint density at radius 3 is 2.32 bits per heavy atom. The van der Waals surface area contributed by atoms with E-state index in [4.69, 9.17) is 0 Å². The van der Waals surface area contributed by atoms with Crippen molar-refractivity contribution in [2.75, 3.05) is 6.54 Å². The summed E-state index contributed by atoms with van der Waals surface area (Å²) in [6, 6.07) is 7.42. The first-order valence-electron chi connectivity index (χ1n) is 7.28. The molecule has 1 atom stereocenters. The molecule has 1 N–H and O–H groups in total. The van der Waals surface area contributed by atoms with Crippen molar-refractivity contribution in [2.45, 2.75) is 47.1 Å². The average molecular weight is 263 g/mol. The van der Waals surface area contributed by atoms with Gasteiger partial charge in [-0.25, -0.2) is 4.39 Å². The van der Waals surface area contributed by atoms with Crippen LogP contribution in [-0.2, 0) is 6.42 Å². The highest BCUT2D eigenvalue weighted by Gasteiger charge is 2.66. The lowest BCUT2D eigenvalue weighted by molar-refractivity contribution is 0.402. The number of likely N-dealkylation sites (N-methyl/N-ethyl adjacent to an activating group) is 1. The molecule has 0 spiro atoms. The monoisotopic (exact) mass is 263 g/mol. The van der Waals surface area contributed by atoms with Crippen molar-refractivity contribution in [2.24, 2.45) is 16.7 Å². The maximum atomic E-state index is 13.3. The van der Waals surface area contributed by atoms with E-state index in [-0.39, 0.29) is 5.82 Å². The minimum atomic E-state index is -0.137. The van der Waals surface area contributed by atoms with Gasteiger partial charge >= 0.3 is 0 Å². The second kappa shape index (κ2) is 4.90. The molecule has 0 radical (unpaired) electrons. The van der Waals surface area contributed by atoms with E-state index in [0.717, 1.165) is 18.5 Å². The second-order valence-electron chi connectivity index (χ2n) is 6.92. The molecule has 1 aromatic carbocycles. The minimum absolute atomic E-state index is 0.137. The minimum Gasteiger partial charge on any atom is -0.314 e. The average Bonchev–Trinajstić information content (AvgIpc) is 2.69. The standard InChI is InChI=1S/C17H26FN/c1-6-19-14(15-16(2,3)17(15,4)5)11-12-8-7-9-13(18)10-12/h7-10,14-15,19H,6,11H2,1-5H3. The molecule has 2 rings (SSSR count). The number of nitrogens with one attached hydrogen (secondary N) is 1. The molecule has 0 amide bonds. The number of halogens is 1. The molecule has 0 heterocycles. The number of benzene rings is 1. The van der Waals surface area contributed by atoms with Crippen molar-refractivity contribution in [3.63, 3.8) is 0 Å². The first-order valence-corrected chi connectivity index (χ1v) is 7.28. The van der Waals surface area contributed by atoms with Gasteiger partial charge in [0.2, 0.25) is 0 Å². The Hall–Kier alpha value is -0.890. The van der Waals surface area contributed by atoms with Crippen molar-refractivity contribution < 1.29 is 4.39 Å². The van der Waals surface area contributed by atoms with E-state index in [1.165, 1.54) is 6.07 Å². The molecule has 1 unspecified atom stereocenters. The summed E-state index contributed by atoms with van der Waals surface area (Å²) in [5.41, 5.74) is 1.80. The Kier molecular flexibility index (Phi) is 3.74. The van der Waals surface area contributed by atoms with Gasteiger partial charge < -0.3 is 5.32 Å². The largest absolute Gasteiger partial charge is 0.314 e. The van der Waals surface area contributed by atoms with E-state index in [2.05, 4.69) is 39.9 Å². The molecule has 0 saturated heterocycles. The summed E-state index contributed by atoms with van der Waals surface area (Å²) in [6.45, 7) is 12.5. The van der Waals surface area contributed by atoms with Crippen LogP contribution in [0.25, 0.3) is 0 Å². The van der Waals surface area contributed by atoms with Crippen LogP contribution >= 0.6 is 0 Å². The highest BCUT2D eigenvalue weighted by molar-refractivity contribution is 5.22. The first-order chi connectivity index (χ1) is 8.80. The zero-order valence-electron chi connectivity index (χ0n) is 12.8. The topological polar surface area (TPSA) is 12.0 Å². The molecule has 1 aliphatic rings. The number of rotatable bonds is 5. The van der Waals surface area contributed by atoms with E-state index in [1.54, 1.807) is 12.1 Å². The Morgan fingerprint density at radius 2 is 1.84 bits per heavy atom. The molecule has 1 aromatic rings. The maximum Gasteiger partial charge on any atom is 0.123 e. The van der Waals surface area contributed by atoms with Crippen LogP contribution in [-0.4, -0.2) is 12.6 Å². The Bertz CT molecular complexity index is 436. The van der Waals surface area contributed by atoms with Crippen LogP contribution in [0, 0.1) is 22.6 Å². The highest BCUT2D eigenvalue weighted by Crippen LogP contribution is 2.69. The van der Waals surface area contributed by atoms with E-state index in [1.807, 2.05) is 6.07 Å². The van der Waals surface area contributed by atoms with Gasteiger partial charge in [0.15, 0.2) is 0 Å². The maximum absolute atomic E-state index is 13.3. The highest BCUT2D eigenvalue weighted by atomic mass is 19.1. The van der Waals surface area contributed by atoms with Crippen molar-refractivity contribution in [1.29, 1.82) is 0 Å². The lowest BCUT2D eigenvalue weighted by Gasteiger charge is -2.20. The molecule has 1 saturated carbocycles. The zero-order chi connectivity index (χ0) is 14.3. The van der Waals surface area contributed by atoms with E-state index in [9.17, 15) is 4.39 Å². The van der Waals surface area contributed by atoms with Gasteiger partial charge in [-0.3, -0.25) is 0 Å². The summed E-state index contributed by atoms with van der Waals surface area (Å²) in [5.74, 6) is 0.505. The van der Waals surface area contributed by atoms with Crippen LogP contribution in [0.2, 0.25) is 0 Å². The summed E-state index contributed by atoms with van der Waals surface area (Å²) in [6.07, 6.45) is 0.906. The molecule has 19 heavy (non-hydrogen) atoms. The summed E-state index contributed by atoms with van der Waals surface area (Å²) in [5, 5.41) is 3.60. The summed E-state index contributed by atoms with van der Waals surface area (Å²) in [4.78, 5) is 0. The fraction of sp³-hybridized carbons (Fsp3) is 0.647. The molecule has 0 bridgehead atoms. The Morgan fingerprint density at radius 1 is 1.21 bits per heavy atom. The Balaban J connectivity index is 2.14. The lowest BCUT2D eigenvalue weighted by Crippen LogP contribution is -2.35. The fourth-order valence-electron chi connectivity index (χ4n) is 3.74. The van der Waals surface area contributed by atoms with Crippen LogP contribution in [0.3, 0.4) is 0 Å². The fourth-order valence-corrected chi connectivity index (χ4v) is 3.74. The smallest absolute Gasteiger partial charge is 0.123 e. The van der Waals surface area contributed by atoms with Crippen LogP contribution in [0.15, 0.2) is 24.3 Å². The van der Waals surface area contributed by atoms with E-state index in [0.29, 0.717) is 22.8 Å². The van der Waals surface area contributed by atoms with Gasteiger partial charge in [0, 0.05) is 6.04 Å². The second-order valence-corrected chi connectivity index (χ2v) is 6.92. The van der Waals surface area contributed by atoms with E-state index >= 15 is 0 Å². The van der Waals surface area contributed by atoms with Crippen molar-refractivity contribution in [3.8, 4) is 0 Å². The predicted molar refractivity (Wildman–Crippen MR) is 78.6 cm³/mol. The van der Waals surface area contributed by atoms with Crippen LogP contribution in [0.5, 0.6) is 0 Å². The van der Waals surface area contributed by atoms with Gasteiger partial charge in [-0.1, -0.05) is 46.8 Å². The third kappa shape index (κ3) is 2.55. The molecule has 1 fully saturated rings. The van der Waals surface area contributed by atoms with Crippen molar-refractivity contribution >= 4 is 0 Å².